The highest BCUT2D eigenvalue weighted by Crippen LogP contribution is 2.56. The zero-order valence-electron chi connectivity index (χ0n) is 10.0. The fourth-order valence-corrected chi connectivity index (χ4v) is 3.85. The van der Waals surface area contributed by atoms with Gasteiger partial charge in [0.2, 0.25) is 0 Å². The molecule has 1 heteroatoms. The molecule has 0 aromatic rings. The van der Waals surface area contributed by atoms with Gasteiger partial charge in [-0.1, -0.05) is 26.0 Å². The van der Waals surface area contributed by atoms with Gasteiger partial charge in [0.1, 0.15) is 5.78 Å². The first kappa shape index (κ1) is 10.9. The molecule has 2 fully saturated rings. The SMILES string of the molecule is C=C(CC)[C@H]1CC[C@H]2C(=O)CCC[C@]12C. The number of hydrogen-bond donors (Lipinski definition) is 0. The molecule has 0 unspecified atom stereocenters. The molecule has 0 radical (unpaired) electrons. The molecule has 2 aliphatic rings. The maximum Gasteiger partial charge on any atom is 0.136 e. The van der Waals surface area contributed by atoms with Crippen molar-refractivity contribution in [1.82, 2.24) is 0 Å². The third-order valence-electron chi connectivity index (χ3n) is 4.81. The monoisotopic (exact) mass is 206 g/mol. The molecule has 2 aliphatic carbocycles. The van der Waals surface area contributed by atoms with Gasteiger partial charge in [0, 0.05) is 12.3 Å². The molecule has 84 valence electrons. The summed E-state index contributed by atoms with van der Waals surface area (Å²) in [6.45, 7) is 8.72. The summed E-state index contributed by atoms with van der Waals surface area (Å²) in [6.07, 6.45) is 6.53. The quantitative estimate of drug-likeness (QED) is 0.629. The lowest BCUT2D eigenvalue weighted by Crippen LogP contribution is -2.37. The Hall–Kier alpha value is -0.590. The van der Waals surface area contributed by atoms with Crippen LogP contribution in [0.3, 0.4) is 0 Å². The molecule has 0 aromatic carbocycles. The second kappa shape index (κ2) is 3.77. The van der Waals surface area contributed by atoms with Crippen molar-refractivity contribution >= 4 is 5.78 Å². The smallest absolute Gasteiger partial charge is 0.136 e. The van der Waals surface area contributed by atoms with Crippen LogP contribution in [0.5, 0.6) is 0 Å². The highest BCUT2D eigenvalue weighted by molar-refractivity contribution is 5.83. The first-order valence-electron chi connectivity index (χ1n) is 6.30. The number of rotatable bonds is 2. The Morgan fingerprint density at radius 2 is 2.27 bits per heavy atom. The topological polar surface area (TPSA) is 17.1 Å². The summed E-state index contributed by atoms with van der Waals surface area (Å²) in [5.74, 6) is 1.48. The number of ketones is 1. The van der Waals surface area contributed by atoms with Crippen molar-refractivity contribution in [2.45, 2.75) is 52.4 Å². The Morgan fingerprint density at radius 3 is 2.93 bits per heavy atom. The van der Waals surface area contributed by atoms with E-state index in [2.05, 4.69) is 20.4 Å². The number of allylic oxidation sites excluding steroid dienone is 1. The van der Waals surface area contributed by atoms with E-state index in [1.54, 1.807) is 0 Å². The minimum absolute atomic E-state index is 0.252. The van der Waals surface area contributed by atoms with Crippen LogP contribution in [0.4, 0.5) is 0 Å². The van der Waals surface area contributed by atoms with Crippen molar-refractivity contribution in [3.05, 3.63) is 12.2 Å². The van der Waals surface area contributed by atoms with Crippen LogP contribution in [0, 0.1) is 17.3 Å². The van der Waals surface area contributed by atoms with E-state index in [0.717, 1.165) is 25.7 Å². The van der Waals surface area contributed by atoms with Gasteiger partial charge >= 0.3 is 0 Å². The molecular formula is C14H22O. The van der Waals surface area contributed by atoms with Crippen molar-refractivity contribution < 1.29 is 4.79 Å². The summed E-state index contributed by atoms with van der Waals surface area (Å²) in [5.41, 5.74) is 1.62. The van der Waals surface area contributed by atoms with Crippen LogP contribution < -0.4 is 0 Å². The molecule has 2 saturated carbocycles. The van der Waals surface area contributed by atoms with E-state index in [4.69, 9.17) is 0 Å². The van der Waals surface area contributed by atoms with Crippen LogP contribution in [0.25, 0.3) is 0 Å². The number of fused-ring (bicyclic) bond motifs is 1. The normalized spacial score (nSPS) is 40.3. The van der Waals surface area contributed by atoms with E-state index in [-0.39, 0.29) is 5.41 Å². The average molecular weight is 206 g/mol. The predicted octanol–water partition coefficient (Wildman–Crippen LogP) is 3.74. The van der Waals surface area contributed by atoms with Gasteiger partial charge in [0.15, 0.2) is 0 Å². The van der Waals surface area contributed by atoms with Crippen molar-refractivity contribution in [3.8, 4) is 0 Å². The molecule has 1 nitrogen and oxygen atoms in total. The van der Waals surface area contributed by atoms with E-state index >= 15 is 0 Å². The van der Waals surface area contributed by atoms with Crippen molar-refractivity contribution in [2.75, 3.05) is 0 Å². The van der Waals surface area contributed by atoms with E-state index in [9.17, 15) is 4.79 Å². The lowest BCUT2D eigenvalue weighted by atomic mass is 9.63. The van der Waals surface area contributed by atoms with Crippen molar-refractivity contribution in [1.29, 1.82) is 0 Å². The maximum absolute atomic E-state index is 11.9. The number of carbonyl (C=O) groups is 1. The van der Waals surface area contributed by atoms with Gasteiger partial charge < -0.3 is 0 Å². The summed E-state index contributed by atoms with van der Waals surface area (Å²) in [4.78, 5) is 11.9. The molecule has 15 heavy (non-hydrogen) atoms. The van der Waals surface area contributed by atoms with Gasteiger partial charge in [0.25, 0.3) is 0 Å². The third kappa shape index (κ3) is 1.56. The fraction of sp³-hybridized carbons (Fsp3) is 0.786. The molecule has 0 aliphatic heterocycles. The van der Waals surface area contributed by atoms with Crippen molar-refractivity contribution in [2.24, 2.45) is 17.3 Å². The molecule has 0 saturated heterocycles. The standard InChI is InChI=1S/C14H22O/c1-4-10(2)11-7-8-12-13(15)6-5-9-14(11,12)3/h11-12H,2,4-9H2,1,3H3/t11-,12+,14-/m1/s1. The van der Waals surface area contributed by atoms with Gasteiger partial charge in [0.05, 0.1) is 0 Å². The Labute approximate surface area is 92.9 Å². The summed E-state index contributed by atoms with van der Waals surface area (Å²) < 4.78 is 0. The minimum atomic E-state index is 0.252. The zero-order chi connectivity index (χ0) is 11.1. The van der Waals surface area contributed by atoms with Gasteiger partial charge in [-0.05, 0) is 43.4 Å². The Morgan fingerprint density at radius 1 is 1.53 bits per heavy atom. The molecule has 0 N–H and O–H groups in total. The lowest BCUT2D eigenvalue weighted by molar-refractivity contribution is -0.129. The van der Waals surface area contributed by atoms with Gasteiger partial charge in [-0.3, -0.25) is 4.79 Å². The summed E-state index contributed by atoms with van der Waals surface area (Å²) >= 11 is 0. The first-order chi connectivity index (χ1) is 7.09. The van der Waals surface area contributed by atoms with E-state index < -0.39 is 0 Å². The van der Waals surface area contributed by atoms with Gasteiger partial charge in [-0.25, -0.2) is 0 Å². The van der Waals surface area contributed by atoms with Gasteiger partial charge in [-0.15, -0.1) is 0 Å². The summed E-state index contributed by atoms with van der Waals surface area (Å²) in [5, 5.41) is 0. The molecule has 0 amide bonds. The van der Waals surface area contributed by atoms with E-state index in [1.165, 1.54) is 18.4 Å². The molecule has 0 heterocycles. The van der Waals surface area contributed by atoms with E-state index in [0.29, 0.717) is 17.6 Å². The Kier molecular flexibility index (Phi) is 2.74. The second-order valence-corrected chi connectivity index (χ2v) is 5.52. The van der Waals surface area contributed by atoms with Crippen LogP contribution in [0.2, 0.25) is 0 Å². The molecular weight excluding hydrogens is 184 g/mol. The molecule has 0 spiro atoms. The summed E-state index contributed by atoms with van der Waals surface area (Å²) in [7, 11) is 0. The maximum atomic E-state index is 11.9. The Bertz CT molecular complexity index is 292. The Balaban J connectivity index is 2.25. The fourth-order valence-electron chi connectivity index (χ4n) is 3.85. The average Bonchev–Trinajstić information content (AvgIpc) is 2.56. The largest absolute Gasteiger partial charge is 0.299 e. The molecule has 3 atom stereocenters. The second-order valence-electron chi connectivity index (χ2n) is 5.52. The van der Waals surface area contributed by atoms with Gasteiger partial charge in [-0.2, -0.15) is 0 Å². The minimum Gasteiger partial charge on any atom is -0.299 e. The summed E-state index contributed by atoms with van der Waals surface area (Å²) in [6, 6.07) is 0. The highest BCUT2D eigenvalue weighted by atomic mass is 16.1. The highest BCUT2D eigenvalue weighted by Gasteiger charge is 2.51. The first-order valence-corrected chi connectivity index (χ1v) is 6.30. The van der Waals surface area contributed by atoms with Crippen LogP contribution in [-0.4, -0.2) is 5.78 Å². The molecule has 2 rings (SSSR count). The van der Waals surface area contributed by atoms with Crippen molar-refractivity contribution in [3.63, 3.8) is 0 Å². The van der Waals surface area contributed by atoms with E-state index in [1.807, 2.05) is 0 Å². The molecule has 0 bridgehead atoms. The van der Waals surface area contributed by atoms with Crippen LogP contribution >= 0.6 is 0 Å². The number of carbonyl (C=O) groups excluding carboxylic acids is 1. The van der Waals surface area contributed by atoms with Crippen LogP contribution in [0.1, 0.15) is 52.4 Å². The third-order valence-corrected chi connectivity index (χ3v) is 4.81. The zero-order valence-corrected chi connectivity index (χ0v) is 10.0. The lowest BCUT2D eigenvalue weighted by Gasteiger charge is -2.40. The number of Topliss-reactive ketones (excluding diaryl/α,β-unsaturated/α-hetero) is 1. The molecule has 0 aromatic heterocycles. The van der Waals surface area contributed by atoms with Crippen LogP contribution in [-0.2, 0) is 4.79 Å². The predicted molar refractivity (Wildman–Crippen MR) is 62.6 cm³/mol. The van der Waals surface area contributed by atoms with Crippen LogP contribution in [0.15, 0.2) is 12.2 Å². The number of hydrogen-bond acceptors (Lipinski definition) is 1.